The zero-order chi connectivity index (χ0) is 28.7. The van der Waals surface area contributed by atoms with Gasteiger partial charge < -0.3 is 24.3 Å². The molecule has 0 aliphatic heterocycles. The third kappa shape index (κ3) is 12.4. The molecule has 210 valence electrons. The number of hydrogen-bond donors (Lipinski definition) is 2. The monoisotopic (exact) mass is 560 g/mol. The molecule has 1 heterocycles. The van der Waals surface area contributed by atoms with Crippen molar-refractivity contribution in [1.29, 1.82) is 5.26 Å². The van der Waals surface area contributed by atoms with Crippen molar-refractivity contribution < 1.29 is 33.1 Å². The minimum atomic E-state index is -1.38. The minimum Gasteiger partial charge on any atom is -0.494 e. The van der Waals surface area contributed by atoms with Gasteiger partial charge in [0.25, 0.3) is 0 Å². The zero-order valence-electron chi connectivity index (χ0n) is 22.6. The van der Waals surface area contributed by atoms with Crippen LogP contribution in [0.2, 0.25) is 5.02 Å². The summed E-state index contributed by atoms with van der Waals surface area (Å²) >= 11 is 5.87. The third-order valence-electron chi connectivity index (χ3n) is 4.95. The Morgan fingerprint density at radius 1 is 1.08 bits per heavy atom. The van der Waals surface area contributed by atoms with E-state index in [4.69, 9.17) is 31.1 Å². The van der Waals surface area contributed by atoms with E-state index in [0.717, 1.165) is 38.5 Å². The highest BCUT2D eigenvalue weighted by molar-refractivity contribution is 6.30. The fourth-order valence-electron chi connectivity index (χ4n) is 3.18. The topological polar surface area (TPSA) is 135 Å². The molecule has 1 atom stereocenters. The lowest BCUT2D eigenvalue weighted by Crippen LogP contribution is -2.48. The van der Waals surface area contributed by atoms with E-state index in [0.29, 0.717) is 23.9 Å². The van der Waals surface area contributed by atoms with Gasteiger partial charge in [-0.2, -0.15) is 9.83 Å². The van der Waals surface area contributed by atoms with E-state index in [-0.39, 0.29) is 5.96 Å². The van der Waals surface area contributed by atoms with E-state index in [9.17, 15) is 9.59 Å². The molecule has 12 heteroatoms. The molecule has 2 aromatic rings. The molecule has 1 aromatic carbocycles. The number of hydrogen-bond acceptors (Lipinski definition) is 8. The summed E-state index contributed by atoms with van der Waals surface area (Å²) < 4.78 is 22.0. The number of carbonyl (C=O) groups is 2. The Morgan fingerprint density at radius 2 is 1.74 bits per heavy atom. The minimum absolute atomic E-state index is 0.288. The van der Waals surface area contributed by atoms with E-state index in [1.807, 2.05) is 18.3 Å². The van der Waals surface area contributed by atoms with Crippen LogP contribution in [0.4, 0.5) is 10.5 Å². The molecule has 0 saturated heterocycles. The summed E-state index contributed by atoms with van der Waals surface area (Å²) in [5, 5.41) is 15.3. The summed E-state index contributed by atoms with van der Waals surface area (Å²) in [6.07, 6.45) is 6.22. The number of rotatable bonds is 12. The first-order valence-corrected chi connectivity index (χ1v) is 12.8. The van der Waals surface area contributed by atoms with Crippen molar-refractivity contribution in [3.8, 4) is 11.9 Å². The summed E-state index contributed by atoms with van der Waals surface area (Å²) in [4.78, 5) is 28.7. The second-order valence-corrected chi connectivity index (χ2v) is 9.74. The van der Waals surface area contributed by atoms with Gasteiger partial charge in [-0.15, -0.1) is 0 Å². The number of halogens is 1. The van der Waals surface area contributed by atoms with Crippen molar-refractivity contribution in [2.75, 3.05) is 25.6 Å². The fraction of sp³-hybridized carbons (Fsp3) is 0.444. The summed E-state index contributed by atoms with van der Waals surface area (Å²) in [6.45, 7) is 6.27. The predicted molar refractivity (Wildman–Crippen MR) is 145 cm³/mol. The average Bonchev–Trinajstić information content (AvgIpc) is 2.89. The van der Waals surface area contributed by atoms with Gasteiger partial charge in [-0.25, -0.2) is 9.59 Å². The lowest BCUT2D eigenvalue weighted by molar-refractivity contribution is -0.743. The van der Waals surface area contributed by atoms with Gasteiger partial charge in [0, 0.05) is 23.7 Å². The van der Waals surface area contributed by atoms with Crippen molar-refractivity contribution in [3.63, 3.8) is 0 Å². The zero-order valence-corrected chi connectivity index (χ0v) is 23.4. The Kier molecular flexibility index (Phi) is 12.8. The maximum absolute atomic E-state index is 12.6. The smallest absolute Gasteiger partial charge is 0.494 e. The number of carbonyl (C=O) groups excluding carboxylic acids is 2. The van der Waals surface area contributed by atoms with E-state index in [1.165, 1.54) is 17.0 Å². The number of pyridine rings is 1. The van der Waals surface area contributed by atoms with Crippen LogP contribution < -0.4 is 19.9 Å². The molecule has 1 aromatic heterocycles. The number of esters is 1. The maximum Gasteiger partial charge on any atom is 0.513 e. The average molecular weight is 561 g/mol. The Balaban J connectivity index is 1.86. The van der Waals surface area contributed by atoms with Crippen LogP contribution in [0.1, 0.15) is 52.7 Å². The van der Waals surface area contributed by atoms with Crippen molar-refractivity contribution in [1.82, 2.24) is 5.32 Å². The second-order valence-electron chi connectivity index (χ2n) is 9.30. The lowest BCUT2D eigenvalue weighted by Gasteiger charge is -2.21. The summed E-state index contributed by atoms with van der Waals surface area (Å²) in [5.41, 5.74) is -0.191. The molecule has 1 unspecified atom stereocenters. The Labute approximate surface area is 233 Å². The summed E-state index contributed by atoms with van der Waals surface area (Å²) in [5.74, 6) is 0.324. The number of nitrogens with one attached hydrogen (secondary N) is 2. The first kappa shape index (κ1) is 31.2. The summed E-state index contributed by atoms with van der Waals surface area (Å²) in [6, 6.07) is 10.5. The molecule has 11 nitrogen and oxygen atoms in total. The molecule has 39 heavy (non-hydrogen) atoms. The third-order valence-corrected chi connectivity index (χ3v) is 5.20. The Bertz CT molecular complexity index is 1130. The van der Waals surface area contributed by atoms with Crippen molar-refractivity contribution >= 4 is 35.4 Å². The molecule has 0 fully saturated rings. The van der Waals surface area contributed by atoms with Gasteiger partial charge in [0.15, 0.2) is 18.6 Å². The van der Waals surface area contributed by atoms with Gasteiger partial charge in [0.2, 0.25) is 5.96 Å². The molecule has 2 rings (SSSR count). The summed E-state index contributed by atoms with van der Waals surface area (Å²) in [7, 11) is 1.15. The van der Waals surface area contributed by atoms with Gasteiger partial charge in [-0.1, -0.05) is 18.0 Å². The number of methoxy groups -OCH3 is 1. The molecule has 0 radical (unpaired) electrons. The number of aromatic nitrogens is 1. The van der Waals surface area contributed by atoms with Gasteiger partial charge in [-0.05, 0) is 64.3 Å². The van der Waals surface area contributed by atoms with Crippen LogP contribution >= 0.6 is 11.6 Å². The molecular weight excluding hydrogens is 526 g/mol. The highest BCUT2D eigenvalue weighted by Gasteiger charge is 2.36. The number of nitrogens with zero attached hydrogens (tertiary/aromatic N) is 3. The molecule has 0 saturated carbocycles. The molecular formula is C27H35ClN5O6+. The van der Waals surface area contributed by atoms with Crippen LogP contribution in [0, 0.1) is 11.5 Å². The molecule has 2 N–H and O–H groups in total. The molecule has 0 amide bonds. The van der Waals surface area contributed by atoms with Crippen LogP contribution in [0.15, 0.2) is 53.8 Å². The van der Waals surface area contributed by atoms with Crippen molar-refractivity contribution in [2.45, 2.75) is 58.3 Å². The predicted octanol–water partition coefficient (Wildman–Crippen LogP) is 4.73. The largest absolute Gasteiger partial charge is 0.513 e. The van der Waals surface area contributed by atoms with E-state index in [1.54, 1.807) is 45.0 Å². The standard InChI is InChI=1S/C27H34ClN5O6/c1-27(2,3)39-24(34)23(38-26(35)36-4)33-16-13-21(14-17-33)32-25(31-19-29)30-15-7-5-6-8-18-37-22-11-9-20(28)10-12-22/h9-14,16-17,23H,5-8,15,18H2,1-4H3,(H,30,31)/p+1. The SMILES string of the molecule is COC(=O)OC(C(=O)OC(C)(C)C)[n+]1ccc(NC(=NCCCCCCOc2ccc(Cl)cc2)NC#N)cc1. The van der Waals surface area contributed by atoms with Gasteiger partial charge in [0.05, 0.1) is 19.4 Å². The van der Waals surface area contributed by atoms with Crippen LogP contribution in [-0.2, 0) is 19.0 Å². The fourth-order valence-corrected chi connectivity index (χ4v) is 3.30. The van der Waals surface area contributed by atoms with Crippen molar-refractivity contribution in [2.24, 2.45) is 4.99 Å². The molecule has 0 aliphatic carbocycles. The van der Waals surface area contributed by atoms with Gasteiger partial charge >= 0.3 is 18.4 Å². The Hall–Kier alpha value is -4.04. The van der Waals surface area contributed by atoms with Crippen LogP contribution in [0.3, 0.4) is 0 Å². The lowest BCUT2D eigenvalue weighted by atomic mass is 10.2. The number of benzene rings is 1. The van der Waals surface area contributed by atoms with Gasteiger partial charge in [-0.3, -0.25) is 10.3 Å². The normalized spacial score (nSPS) is 12.1. The first-order chi connectivity index (χ1) is 18.6. The number of nitriles is 1. The number of guanidine groups is 1. The quantitative estimate of drug-likeness (QED) is 0.0718. The molecule has 0 aliphatic rings. The van der Waals surface area contributed by atoms with Crippen LogP contribution in [-0.4, -0.2) is 43.9 Å². The first-order valence-electron chi connectivity index (χ1n) is 12.4. The molecule has 0 spiro atoms. The Morgan fingerprint density at radius 3 is 2.36 bits per heavy atom. The van der Waals surface area contributed by atoms with Crippen LogP contribution in [0.5, 0.6) is 5.75 Å². The van der Waals surface area contributed by atoms with E-state index in [2.05, 4.69) is 20.4 Å². The molecule has 0 bridgehead atoms. The number of ether oxygens (including phenoxy) is 4. The van der Waals surface area contributed by atoms with Gasteiger partial charge in [0.1, 0.15) is 11.4 Å². The number of aliphatic imine (C=N–C) groups is 1. The second kappa shape index (κ2) is 16.0. The highest BCUT2D eigenvalue weighted by Crippen LogP contribution is 2.16. The highest BCUT2D eigenvalue weighted by atomic mass is 35.5. The maximum atomic E-state index is 12.6. The van der Waals surface area contributed by atoms with E-state index < -0.39 is 24.0 Å². The number of unbranched alkanes of at least 4 members (excludes halogenated alkanes) is 3. The number of anilines is 1. The van der Waals surface area contributed by atoms with Crippen LogP contribution in [0.25, 0.3) is 0 Å². The van der Waals surface area contributed by atoms with Crippen molar-refractivity contribution in [3.05, 3.63) is 53.8 Å². The van der Waals surface area contributed by atoms with E-state index >= 15 is 0 Å².